The molecule has 1 heterocycles. The number of aliphatic hydroxyl groups excluding tert-OH is 1. The van der Waals surface area contributed by atoms with Crippen LogP contribution in [-0.4, -0.2) is 28.7 Å². The van der Waals surface area contributed by atoms with Gasteiger partial charge in [-0.15, -0.1) is 0 Å². The maximum absolute atomic E-state index is 13.6. The van der Waals surface area contributed by atoms with Crippen molar-refractivity contribution in [3.63, 3.8) is 0 Å². The van der Waals surface area contributed by atoms with Crippen LogP contribution < -0.4 is 10.3 Å². The molecule has 4 rings (SSSR count). The monoisotopic (exact) mass is 487 g/mol. The molecule has 2 aromatic rings. The minimum Gasteiger partial charge on any atom is -0.393 e. The molecule has 2 N–H and O–H groups in total. The van der Waals surface area contributed by atoms with Gasteiger partial charge < -0.3 is 5.11 Å². The second-order valence-electron chi connectivity index (χ2n) is 9.46. The Balaban J connectivity index is 1.68. The highest BCUT2D eigenvalue weighted by Gasteiger charge is 2.42. The number of alkyl halides is 3. The summed E-state index contributed by atoms with van der Waals surface area (Å²) >= 11 is 0. The SMILES string of the molecule is C/C(=N/NC(=O)C1CCC(O)CC1)C1C(=O)N(c2cc(C)cc(C)c2)c2cc(C(F)(F)F)ccc21. The molecule has 1 atom stereocenters. The van der Waals surface area contributed by atoms with Crippen molar-refractivity contribution in [1.29, 1.82) is 0 Å². The van der Waals surface area contributed by atoms with Crippen molar-refractivity contribution >= 4 is 28.9 Å². The number of fused-ring (bicyclic) bond motifs is 1. The van der Waals surface area contributed by atoms with E-state index in [9.17, 15) is 27.9 Å². The fourth-order valence-electron chi connectivity index (χ4n) is 4.93. The summed E-state index contributed by atoms with van der Waals surface area (Å²) in [5.41, 5.74) is 4.74. The van der Waals surface area contributed by atoms with Gasteiger partial charge in [0.05, 0.1) is 23.1 Å². The van der Waals surface area contributed by atoms with E-state index in [0.717, 1.165) is 23.3 Å². The molecule has 0 saturated heterocycles. The maximum atomic E-state index is 13.6. The Labute approximate surface area is 201 Å². The van der Waals surface area contributed by atoms with Crippen LogP contribution in [0.1, 0.15) is 60.8 Å². The molecule has 35 heavy (non-hydrogen) atoms. The second-order valence-corrected chi connectivity index (χ2v) is 9.46. The molecule has 0 bridgehead atoms. The van der Waals surface area contributed by atoms with Gasteiger partial charge in [0.2, 0.25) is 11.8 Å². The molecule has 1 unspecified atom stereocenters. The highest BCUT2D eigenvalue weighted by molar-refractivity contribution is 6.22. The number of rotatable bonds is 4. The standard InChI is InChI=1S/C26H28F3N3O3/c1-14-10-15(2)12-19(11-14)32-22-13-18(26(27,28)29)6-9-21(22)23(25(32)35)16(3)30-31-24(34)17-4-7-20(33)8-5-17/h6,9-13,17,20,23,33H,4-5,7-8H2,1-3H3,(H,31,34)/b30-16-. The van der Waals surface area contributed by atoms with E-state index in [4.69, 9.17) is 0 Å². The number of hydrogen-bond donors (Lipinski definition) is 2. The lowest BCUT2D eigenvalue weighted by atomic mass is 9.87. The van der Waals surface area contributed by atoms with Crippen molar-refractivity contribution in [3.05, 3.63) is 58.7 Å². The molecule has 0 spiro atoms. The third-order valence-corrected chi connectivity index (χ3v) is 6.67. The summed E-state index contributed by atoms with van der Waals surface area (Å²) in [6, 6.07) is 8.69. The van der Waals surface area contributed by atoms with E-state index in [1.165, 1.54) is 11.0 Å². The summed E-state index contributed by atoms with van der Waals surface area (Å²) < 4.78 is 40.5. The third-order valence-electron chi connectivity index (χ3n) is 6.67. The van der Waals surface area contributed by atoms with Crippen molar-refractivity contribution < 1.29 is 27.9 Å². The van der Waals surface area contributed by atoms with Gasteiger partial charge in [-0.25, -0.2) is 5.43 Å². The Morgan fingerprint density at radius 2 is 1.69 bits per heavy atom. The number of hydrogen-bond acceptors (Lipinski definition) is 4. The van der Waals surface area contributed by atoms with E-state index in [2.05, 4.69) is 10.5 Å². The predicted molar refractivity (Wildman–Crippen MR) is 126 cm³/mol. The van der Waals surface area contributed by atoms with E-state index < -0.39 is 29.7 Å². The van der Waals surface area contributed by atoms with Gasteiger partial charge in [-0.1, -0.05) is 12.1 Å². The van der Waals surface area contributed by atoms with Crippen LogP contribution in [0, 0.1) is 19.8 Å². The molecule has 0 radical (unpaired) electrons. The summed E-state index contributed by atoms with van der Waals surface area (Å²) in [5.74, 6) is -1.93. The van der Waals surface area contributed by atoms with Crippen molar-refractivity contribution in [3.8, 4) is 0 Å². The van der Waals surface area contributed by atoms with Gasteiger partial charge in [0.1, 0.15) is 5.92 Å². The van der Waals surface area contributed by atoms with Crippen LogP contribution in [0.25, 0.3) is 0 Å². The molecular formula is C26H28F3N3O3. The summed E-state index contributed by atoms with van der Waals surface area (Å²) in [4.78, 5) is 27.4. The van der Waals surface area contributed by atoms with Crippen LogP contribution in [0.15, 0.2) is 41.5 Å². The molecule has 1 aliphatic heterocycles. The zero-order valence-corrected chi connectivity index (χ0v) is 19.8. The molecule has 1 fully saturated rings. The van der Waals surface area contributed by atoms with E-state index in [1.54, 1.807) is 19.1 Å². The highest BCUT2D eigenvalue weighted by atomic mass is 19.4. The number of aryl methyl sites for hydroxylation is 2. The lowest BCUT2D eigenvalue weighted by Gasteiger charge is -2.23. The second kappa shape index (κ2) is 9.45. The minimum absolute atomic E-state index is 0.155. The van der Waals surface area contributed by atoms with Gasteiger partial charge in [-0.2, -0.15) is 18.3 Å². The fourth-order valence-corrected chi connectivity index (χ4v) is 4.93. The first-order chi connectivity index (χ1) is 16.5. The molecule has 0 aromatic heterocycles. The quantitative estimate of drug-likeness (QED) is 0.464. The van der Waals surface area contributed by atoms with Gasteiger partial charge in [-0.3, -0.25) is 14.5 Å². The zero-order valence-electron chi connectivity index (χ0n) is 19.8. The Kier molecular flexibility index (Phi) is 6.73. The zero-order chi connectivity index (χ0) is 25.5. The van der Waals surface area contributed by atoms with Crippen molar-refractivity contribution in [2.24, 2.45) is 11.0 Å². The number of nitrogens with one attached hydrogen (secondary N) is 1. The van der Waals surface area contributed by atoms with Gasteiger partial charge in [0.15, 0.2) is 0 Å². The number of carbonyl (C=O) groups excluding carboxylic acids is 2. The fraction of sp³-hybridized carbons (Fsp3) is 0.423. The Hall–Kier alpha value is -3.20. The number of nitrogens with zero attached hydrogens (tertiary/aromatic N) is 2. The van der Waals surface area contributed by atoms with Crippen LogP contribution >= 0.6 is 0 Å². The van der Waals surface area contributed by atoms with Crippen LogP contribution in [0.4, 0.5) is 24.5 Å². The Morgan fingerprint density at radius 1 is 1.06 bits per heavy atom. The molecule has 186 valence electrons. The molecule has 2 aliphatic rings. The van der Waals surface area contributed by atoms with E-state index >= 15 is 0 Å². The van der Waals surface area contributed by atoms with Gasteiger partial charge in [0.25, 0.3) is 0 Å². The van der Waals surface area contributed by atoms with Crippen molar-refractivity contribution in [1.82, 2.24) is 5.43 Å². The number of halogens is 3. The normalized spacial score (nSPS) is 22.8. The maximum Gasteiger partial charge on any atom is 0.416 e. The number of anilines is 2. The van der Waals surface area contributed by atoms with Crippen LogP contribution in [-0.2, 0) is 15.8 Å². The smallest absolute Gasteiger partial charge is 0.393 e. The topological polar surface area (TPSA) is 82.0 Å². The van der Waals surface area contributed by atoms with E-state index in [0.29, 0.717) is 36.9 Å². The lowest BCUT2D eigenvalue weighted by molar-refractivity contribution is -0.137. The van der Waals surface area contributed by atoms with Crippen molar-refractivity contribution in [2.75, 3.05) is 4.90 Å². The molecule has 1 aliphatic carbocycles. The summed E-state index contributed by atoms with van der Waals surface area (Å²) in [5, 5.41) is 13.8. The van der Waals surface area contributed by atoms with E-state index in [1.807, 2.05) is 19.9 Å². The summed E-state index contributed by atoms with van der Waals surface area (Å²) in [7, 11) is 0. The molecule has 6 nitrogen and oxygen atoms in total. The first-order valence-corrected chi connectivity index (χ1v) is 11.6. The number of hydrazone groups is 1. The highest BCUT2D eigenvalue weighted by Crippen LogP contribution is 2.45. The number of amides is 2. The van der Waals surface area contributed by atoms with Gasteiger partial charge in [-0.05, 0) is 87.4 Å². The number of carbonyl (C=O) groups is 2. The predicted octanol–water partition coefficient (Wildman–Crippen LogP) is 5.13. The minimum atomic E-state index is -4.56. The van der Waals surface area contributed by atoms with Crippen LogP contribution in [0.3, 0.4) is 0 Å². The van der Waals surface area contributed by atoms with E-state index in [-0.39, 0.29) is 23.2 Å². The number of aliphatic hydroxyl groups is 1. The van der Waals surface area contributed by atoms with Crippen LogP contribution in [0.5, 0.6) is 0 Å². The first kappa shape index (κ1) is 24.9. The summed E-state index contributed by atoms with van der Waals surface area (Å²) in [6.45, 7) is 5.29. The Bertz CT molecular complexity index is 1160. The molecule has 2 amide bonds. The Morgan fingerprint density at radius 3 is 2.29 bits per heavy atom. The number of benzene rings is 2. The van der Waals surface area contributed by atoms with Gasteiger partial charge in [0, 0.05) is 11.6 Å². The van der Waals surface area contributed by atoms with Gasteiger partial charge >= 0.3 is 6.18 Å². The molecule has 1 saturated carbocycles. The summed E-state index contributed by atoms with van der Waals surface area (Å²) in [6.07, 6.45) is -2.77. The average Bonchev–Trinajstić information content (AvgIpc) is 3.07. The lowest BCUT2D eigenvalue weighted by Crippen LogP contribution is -2.33. The molecule has 9 heteroatoms. The van der Waals surface area contributed by atoms with Crippen LogP contribution in [0.2, 0.25) is 0 Å². The average molecular weight is 488 g/mol. The molecular weight excluding hydrogens is 459 g/mol. The molecule has 2 aromatic carbocycles. The third kappa shape index (κ3) is 5.10. The first-order valence-electron chi connectivity index (χ1n) is 11.6. The van der Waals surface area contributed by atoms with Crippen molar-refractivity contribution in [2.45, 2.75) is 64.7 Å². The largest absolute Gasteiger partial charge is 0.416 e.